The lowest BCUT2D eigenvalue weighted by Gasteiger charge is -2.02. The molecular formula is C10H13Si. The average molecular weight is 161 g/mol. The van der Waals surface area contributed by atoms with Crippen LogP contribution in [0.4, 0.5) is 0 Å². The first-order chi connectivity index (χ1) is 5.34. The summed E-state index contributed by atoms with van der Waals surface area (Å²) in [7, 11) is -0.399. The summed E-state index contributed by atoms with van der Waals surface area (Å²) in [6, 6.07) is 10.7. The molecule has 1 aromatic rings. The van der Waals surface area contributed by atoms with Crippen LogP contribution in [0.25, 0.3) is 0 Å². The largest absolute Gasteiger partial charge is 0.109 e. The van der Waals surface area contributed by atoms with Crippen molar-refractivity contribution in [2.45, 2.75) is 13.5 Å². The summed E-state index contributed by atoms with van der Waals surface area (Å²) in [6.45, 7) is 4.39. The summed E-state index contributed by atoms with van der Waals surface area (Å²) in [6.07, 6.45) is 2.14. The molecule has 0 saturated carbocycles. The molecule has 0 aliphatic rings. The quantitative estimate of drug-likeness (QED) is 0.583. The fourth-order valence-electron chi connectivity index (χ4n) is 1.05. The van der Waals surface area contributed by atoms with Gasteiger partial charge in [-0.1, -0.05) is 53.8 Å². The van der Waals surface area contributed by atoms with E-state index < -0.39 is 8.80 Å². The Balaban J connectivity index is 2.76. The Labute approximate surface area is 70.2 Å². The van der Waals surface area contributed by atoms with Gasteiger partial charge < -0.3 is 0 Å². The van der Waals surface area contributed by atoms with Gasteiger partial charge in [0.05, 0.1) is 0 Å². The first-order valence-electron chi connectivity index (χ1n) is 3.86. The topological polar surface area (TPSA) is 0 Å². The van der Waals surface area contributed by atoms with Crippen molar-refractivity contribution in [3.05, 3.63) is 42.1 Å². The van der Waals surface area contributed by atoms with Crippen molar-refractivity contribution < 1.29 is 0 Å². The van der Waals surface area contributed by atoms with E-state index in [2.05, 4.69) is 55.6 Å². The van der Waals surface area contributed by atoms with Gasteiger partial charge in [-0.3, -0.25) is 0 Å². The van der Waals surface area contributed by atoms with Crippen molar-refractivity contribution >= 4 is 14.0 Å². The van der Waals surface area contributed by atoms with E-state index in [9.17, 15) is 0 Å². The summed E-state index contributed by atoms with van der Waals surface area (Å²) in [5.41, 5.74) is 2.31. The fraction of sp³-hybridized carbons (Fsp3) is 0.200. The van der Waals surface area contributed by atoms with Crippen molar-refractivity contribution in [3.8, 4) is 0 Å². The molecule has 0 aromatic heterocycles. The van der Waals surface area contributed by atoms with Crippen molar-refractivity contribution in [1.29, 1.82) is 0 Å². The molecular weight excluding hydrogens is 148 g/mol. The monoisotopic (exact) mass is 161 g/mol. The Morgan fingerprint density at radius 2 is 1.82 bits per heavy atom. The molecule has 1 aromatic carbocycles. The molecule has 57 valence electrons. The van der Waals surface area contributed by atoms with Crippen LogP contribution in [0, 0.1) is 0 Å². The third kappa shape index (κ3) is 2.35. The van der Waals surface area contributed by atoms with Gasteiger partial charge in [-0.25, -0.2) is 0 Å². The van der Waals surface area contributed by atoms with Crippen molar-refractivity contribution in [3.63, 3.8) is 0 Å². The molecule has 0 heterocycles. The molecule has 0 N–H and O–H groups in total. The predicted molar refractivity (Wildman–Crippen MR) is 52.5 cm³/mol. The summed E-state index contributed by atoms with van der Waals surface area (Å²) in [5, 5.41) is 1.48. The molecule has 1 rings (SSSR count). The van der Waals surface area contributed by atoms with E-state index in [1.54, 1.807) is 0 Å². The van der Waals surface area contributed by atoms with Gasteiger partial charge in [0.2, 0.25) is 0 Å². The molecule has 0 unspecified atom stereocenters. The third-order valence-electron chi connectivity index (χ3n) is 1.65. The number of hydrogen-bond acceptors (Lipinski definition) is 0. The molecule has 0 spiro atoms. The average Bonchev–Trinajstić information content (AvgIpc) is 2.07. The van der Waals surface area contributed by atoms with Crippen LogP contribution < -0.4 is 5.19 Å². The second kappa shape index (κ2) is 4.14. The molecule has 0 aliphatic heterocycles. The highest BCUT2D eigenvalue weighted by Crippen LogP contribution is 1.89. The van der Waals surface area contributed by atoms with Gasteiger partial charge in [-0.15, -0.1) is 0 Å². The molecule has 0 saturated heterocycles. The van der Waals surface area contributed by atoms with Gasteiger partial charge in [0.15, 0.2) is 0 Å². The van der Waals surface area contributed by atoms with E-state index in [-0.39, 0.29) is 0 Å². The number of benzene rings is 1. The second-order valence-electron chi connectivity index (χ2n) is 2.55. The van der Waals surface area contributed by atoms with Gasteiger partial charge in [0.25, 0.3) is 0 Å². The molecule has 11 heavy (non-hydrogen) atoms. The van der Waals surface area contributed by atoms with Crippen molar-refractivity contribution in [2.75, 3.05) is 0 Å². The zero-order valence-electron chi connectivity index (χ0n) is 7.04. The maximum atomic E-state index is 2.31. The Bertz CT molecular complexity index is 226. The summed E-state index contributed by atoms with van der Waals surface area (Å²) >= 11 is 0. The number of hydrogen-bond donors (Lipinski definition) is 0. The lowest BCUT2D eigenvalue weighted by atomic mass is 10.4. The highest BCUT2D eigenvalue weighted by molar-refractivity contribution is 6.76. The minimum Gasteiger partial charge on any atom is -0.0959 e. The van der Waals surface area contributed by atoms with E-state index in [1.165, 1.54) is 5.19 Å². The number of rotatable bonds is 2. The molecule has 0 fully saturated rings. The number of allylic oxidation sites excluding steroid dienone is 1. The second-order valence-corrected chi connectivity index (χ2v) is 4.83. The van der Waals surface area contributed by atoms with E-state index in [4.69, 9.17) is 0 Å². The predicted octanol–water partition coefficient (Wildman–Crippen LogP) is 2.13. The van der Waals surface area contributed by atoms with Gasteiger partial charge >= 0.3 is 0 Å². The maximum absolute atomic E-state index is 2.31. The molecule has 1 radical (unpaired) electrons. The van der Waals surface area contributed by atoms with Crippen molar-refractivity contribution in [1.82, 2.24) is 0 Å². The molecule has 0 aliphatic carbocycles. The van der Waals surface area contributed by atoms with Gasteiger partial charge in [-0.2, -0.15) is 0 Å². The van der Waals surface area contributed by atoms with Crippen LogP contribution in [-0.2, 0) is 0 Å². The summed E-state index contributed by atoms with van der Waals surface area (Å²) in [4.78, 5) is 0. The molecule has 1 heteroatoms. The van der Waals surface area contributed by atoms with Crippen LogP contribution in [0.5, 0.6) is 0 Å². The first-order valence-corrected chi connectivity index (χ1v) is 5.94. The van der Waals surface area contributed by atoms with Crippen LogP contribution in [0.2, 0.25) is 6.55 Å². The van der Waals surface area contributed by atoms with Crippen LogP contribution in [0.1, 0.15) is 6.92 Å². The van der Waals surface area contributed by atoms with E-state index >= 15 is 0 Å². The smallest absolute Gasteiger partial charge is 0.0959 e. The first kappa shape index (κ1) is 8.28. The zero-order chi connectivity index (χ0) is 8.10. The van der Waals surface area contributed by atoms with Crippen LogP contribution in [-0.4, -0.2) is 8.80 Å². The molecule has 0 atom stereocenters. The lowest BCUT2D eigenvalue weighted by molar-refractivity contribution is 1.73. The van der Waals surface area contributed by atoms with Gasteiger partial charge in [0, 0.05) is 0 Å². The standard InChI is InChI=1S/C10H13Si/c1-3-9-11(2)10-7-5-4-6-8-10/h3-9H,1-2H3. The normalized spacial score (nSPS) is 11.2. The Kier molecular flexibility index (Phi) is 3.11. The Hall–Kier alpha value is -0.823. The molecule has 0 bridgehead atoms. The summed E-state index contributed by atoms with van der Waals surface area (Å²) in [5.74, 6) is 0. The SMILES string of the molecule is CC=C[Si](C)c1ccccc1. The van der Waals surface area contributed by atoms with E-state index in [1.807, 2.05) is 0 Å². The van der Waals surface area contributed by atoms with Gasteiger partial charge in [-0.05, 0) is 6.92 Å². The third-order valence-corrected chi connectivity index (χ3v) is 3.72. The fourth-order valence-corrected chi connectivity index (χ4v) is 2.46. The molecule has 0 amide bonds. The highest BCUT2D eigenvalue weighted by atomic mass is 28.3. The minimum absolute atomic E-state index is 0.399. The summed E-state index contributed by atoms with van der Waals surface area (Å²) < 4.78 is 0. The van der Waals surface area contributed by atoms with Crippen LogP contribution in [0.3, 0.4) is 0 Å². The van der Waals surface area contributed by atoms with Crippen LogP contribution >= 0.6 is 0 Å². The maximum Gasteiger partial charge on any atom is 0.109 e. The van der Waals surface area contributed by atoms with E-state index in [0.717, 1.165) is 0 Å². The van der Waals surface area contributed by atoms with Crippen LogP contribution in [0.15, 0.2) is 42.1 Å². The van der Waals surface area contributed by atoms with Crippen molar-refractivity contribution in [2.24, 2.45) is 0 Å². The Morgan fingerprint density at radius 3 is 2.36 bits per heavy atom. The zero-order valence-corrected chi connectivity index (χ0v) is 8.04. The van der Waals surface area contributed by atoms with E-state index in [0.29, 0.717) is 0 Å². The van der Waals surface area contributed by atoms with Gasteiger partial charge in [0.1, 0.15) is 8.80 Å². The Morgan fingerprint density at radius 1 is 1.18 bits per heavy atom. The minimum atomic E-state index is -0.399. The lowest BCUT2D eigenvalue weighted by Crippen LogP contribution is -2.23. The highest BCUT2D eigenvalue weighted by Gasteiger charge is 2.00. The molecule has 0 nitrogen and oxygen atoms in total.